The average Bonchev–Trinajstić information content (AvgIpc) is 2.75. The van der Waals surface area contributed by atoms with E-state index in [9.17, 15) is 0 Å². The molecule has 0 amide bonds. The van der Waals surface area contributed by atoms with Crippen LogP contribution in [-0.4, -0.2) is 0 Å². The van der Waals surface area contributed by atoms with Crippen molar-refractivity contribution in [1.82, 2.24) is 0 Å². The molecule has 0 aliphatic rings. The Morgan fingerprint density at radius 3 is 1.27 bits per heavy atom. The van der Waals surface area contributed by atoms with Gasteiger partial charge in [-0.05, 0) is 18.8 Å². The summed E-state index contributed by atoms with van der Waals surface area (Å²) in [5, 5.41) is 0. The number of hydrogen-bond donors (Lipinski definition) is 0. The molecule has 0 aromatic heterocycles. The van der Waals surface area contributed by atoms with Crippen molar-refractivity contribution in [2.45, 2.75) is 161 Å². The van der Waals surface area contributed by atoms with Gasteiger partial charge in [0.2, 0.25) is 0 Å². The lowest BCUT2D eigenvalue weighted by atomic mass is 9.97. The Morgan fingerprint density at radius 2 is 0.800 bits per heavy atom. The van der Waals surface area contributed by atoms with Crippen LogP contribution in [0.25, 0.3) is 0 Å². The lowest BCUT2D eigenvalue weighted by Crippen LogP contribution is -1.94. The van der Waals surface area contributed by atoms with Crippen LogP contribution in [0.15, 0.2) is 0 Å². The highest BCUT2D eigenvalue weighted by molar-refractivity contribution is 4.98. The van der Waals surface area contributed by atoms with E-state index in [4.69, 9.17) is 0 Å². The van der Waals surface area contributed by atoms with E-state index in [1.807, 2.05) is 0 Å². The highest BCUT2D eigenvalue weighted by Gasteiger charge is 2.01. The third-order valence-corrected chi connectivity index (χ3v) is 6.39. The second kappa shape index (κ2) is 26.6. The van der Waals surface area contributed by atoms with Crippen molar-refractivity contribution in [2.24, 2.45) is 5.92 Å². The molecule has 176 valence electrons. The van der Waals surface area contributed by atoms with Gasteiger partial charge in [0.15, 0.2) is 0 Å². The minimum atomic E-state index is 0.856. The minimum absolute atomic E-state index is 0.856. The Bertz CT molecular complexity index is 358. The predicted molar refractivity (Wildman–Crippen MR) is 138 cm³/mol. The fourth-order valence-corrected chi connectivity index (χ4v) is 4.17. The van der Waals surface area contributed by atoms with E-state index >= 15 is 0 Å². The molecule has 0 heterocycles. The van der Waals surface area contributed by atoms with Crippen LogP contribution >= 0.6 is 0 Å². The molecule has 0 aromatic carbocycles. The summed E-state index contributed by atoms with van der Waals surface area (Å²) in [4.78, 5) is 0. The summed E-state index contributed by atoms with van der Waals surface area (Å²) in [6.07, 6.45) is 32.5. The lowest BCUT2D eigenvalue weighted by Gasteiger charge is -2.09. The highest BCUT2D eigenvalue weighted by Crippen LogP contribution is 2.17. The van der Waals surface area contributed by atoms with Crippen LogP contribution in [0.1, 0.15) is 161 Å². The average molecular weight is 417 g/mol. The lowest BCUT2D eigenvalue weighted by molar-refractivity contribution is 0.458. The predicted octanol–water partition coefficient (Wildman–Crippen LogP) is 10.7. The van der Waals surface area contributed by atoms with Crippen LogP contribution in [0.3, 0.4) is 0 Å². The summed E-state index contributed by atoms with van der Waals surface area (Å²) in [5.74, 6) is 7.59. The first-order valence-corrected chi connectivity index (χ1v) is 13.9. The SMILES string of the molecule is [CH2]CCCCCC#CCCC(C)CCCCCCCCCCCCCCCCC[CH2]. The molecule has 0 rings (SSSR count). The molecule has 0 heteroatoms. The molecule has 0 aliphatic carbocycles. The third-order valence-electron chi connectivity index (χ3n) is 6.39. The summed E-state index contributed by atoms with van der Waals surface area (Å²) in [7, 11) is 0. The van der Waals surface area contributed by atoms with E-state index in [0.29, 0.717) is 0 Å². The van der Waals surface area contributed by atoms with E-state index in [1.54, 1.807) is 0 Å². The van der Waals surface area contributed by atoms with Gasteiger partial charge in [-0.3, -0.25) is 0 Å². The number of rotatable bonds is 23. The molecule has 0 fully saturated rings. The van der Waals surface area contributed by atoms with E-state index in [-0.39, 0.29) is 0 Å². The van der Waals surface area contributed by atoms with Crippen LogP contribution in [0, 0.1) is 31.6 Å². The van der Waals surface area contributed by atoms with E-state index < -0.39 is 0 Å². The van der Waals surface area contributed by atoms with Crippen molar-refractivity contribution in [3.8, 4) is 11.8 Å². The summed E-state index contributed by atoms with van der Waals surface area (Å²) < 4.78 is 0. The molecule has 0 saturated carbocycles. The van der Waals surface area contributed by atoms with Gasteiger partial charge in [0.25, 0.3) is 0 Å². The Labute approximate surface area is 192 Å². The molecule has 2 radical (unpaired) electrons. The molecular weight excluding hydrogens is 360 g/mol. The van der Waals surface area contributed by atoms with Gasteiger partial charge in [0, 0.05) is 12.8 Å². The quantitative estimate of drug-likeness (QED) is 0.115. The van der Waals surface area contributed by atoms with Crippen molar-refractivity contribution >= 4 is 0 Å². The summed E-state index contributed by atoms with van der Waals surface area (Å²) >= 11 is 0. The van der Waals surface area contributed by atoms with E-state index in [2.05, 4.69) is 32.6 Å². The molecule has 30 heavy (non-hydrogen) atoms. The second-order valence-electron chi connectivity index (χ2n) is 9.61. The molecule has 0 N–H and O–H groups in total. The van der Waals surface area contributed by atoms with Gasteiger partial charge in [-0.15, -0.1) is 11.8 Å². The first kappa shape index (κ1) is 29.6. The minimum Gasteiger partial charge on any atom is -0.103 e. The number of hydrogen-bond acceptors (Lipinski definition) is 0. The van der Waals surface area contributed by atoms with Gasteiger partial charge >= 0.3 is 0 Å². The van der Waals surface area contributed by atoms with Crippen LogP contribution in [0.4, 0.5) is 0 Å². The molecule has 0 aromatic rings. The first-order chi connectivity index (χ1) is 14.8. The highest BCUT2D eigenvalue weighted by atomic mass is 14.1. The Kier molecular flexibility index (Phi) is 26.2. The molecule has 0 nitrogen and oxygen atoms in total. The van der Waals surface area contributed by atoms with Gasteiger partial charge < -0.3 is 0 Å². The monoisotopic (exact) mass is 416 g/mol. The molecule has 0 aliphatic heterocycles. The normalized spacial score (nSPS) is 12.0. The zero-order valence-corrected chi connectivity index (χ0v) is 21.0. The van der Waals surface area contributed by atoms with Crippen LogP contribution in [-0.2, 0) is 0 Å². The van der Waals surface area contributed by atoms with E-state index in [1.165, 1.54) is 128 Å². The van der Waals surface area contributed by atoms with Crippen molar-refractivity contribution < 1.29 is 0 Å². The van der Waals surface area contributed by atoms with Gasteiger partial charge in [0.1, 0.15) is 0 Å². The maximum atomic E-state index is 3.91. The van der Waals surface area contributed by atoms with Crippen molar-refractivity contribution in [3.05, 3.63) is 13.8 Å². The van der Waals surface area contributed by atoms with Gasteiger partial charge in [-0.25, -0.2) is 0 Å². The number of unbranched alkanes of at least 4 members (excludes halogenated alkanes) is 19. The zero-order valence-electron chi connectivity index (χ0n) is 21.0. The van der Waals surface area contributed by atoms with Crippen LogP contribution in [0.5, 0.6) is 0 Å². The summed E-state index contributed by atoms with van der Waals surface area (Å²) in [6.45, 7) is 10.2. The standard InChI is InChI=1S/C30H56/c1-4-6-8-10-12-14-15-16-17-18-19-20-21-23-25-27-29-30(3)28-26-24-22-13-11-9-7-5-2/h30H,1-2,4-21,23,25-29H2,3H3. The Hall–Kier alpha value is -0.440. The molecule has 0 saturated heterocycles. The summed E-state index contributed by atoms with van der Waals surface area (Å²) in [6, 6.07) is 0. The fourth-order valence-electron chi connectivity index (χ4n) is 4.17. The van der Waals surface area contributed by atoms with Gasteiger partial charge in [0.05, 0.1) is 0 Å². The van der Waals surface area contributed by atoms with Gasteiger partial charge in [-0.1, -0.05) is 149 Å². The topological polar surface area (TPSA) is 0 Å². The third kappa shape index (κ3) is 25.6. The second-order valence-corrected chi connectivity index (χ2v) is 9.61. The van der Waals surface area contributed by atoms with Crippen LogP contribution in [0.2, 0.25) is 0 Å². The fraction of sp³-hybridized carbons (Fsp3) is 0.867. The molecule has 0 spiro atoms. The Balaban J connectivity index is 3.18. The summed E-state index contributed by atoms with van der Waals surface area (Å²) in [5.41, 5.74) is 0. The zero-order chi connectivity index (χ0) is 22.0. The van der Waals surface area contributed by atoms with E-state index in [0.717, 1.165) is 31.6 Å². The molecule has 1 unspecified atom stereocenters. The smallest absolute Gasteiger partial charge is 0.00912 e. The van der Waals surface area contributed by atoms with Crippen LogP contribution < -0.4 is 0 Å². The maximum Gasteiger partial charge on any atom is 0.00912 e. The largest absolute Gasteiger partial charge is 0.103 e. The first-order valence-electron chi connectivity index (χ1n) is 13.9. The molecular formula is C30H56. The maximum absolute atomic E-state index is 3.91. The Morgan fingerprint density at radius 1 is 0.433 bits per heavy atom. The van der Waals surface area contributed by atoms with Gasteiger partial charge in [-0.2, -0.15) is 0 Å². The van der Waals surface area contributed by atoms with Crippen molar-refractivity contribution in [1.29, 1.82) is 0 Å². The van der Waals surface area contributed by atoms with Crippen molar-refractivity contribution in [2.75, 3.05) is 0 Å². The molecule has 0 bridgehead atoms. The molecule has 1 atom stereocenters. The van der Waals surface area contributed by atoms with Crippen molar-refractivity contribution in [3.63, 3.8) is 0 Å².